The number of benzene rings is 1. The Bertz CT molecular complexity index is 928. The molecular formula is C18H17Cl2F2N4O2-. The van der Waals surface area contributed by atoms with E-state index < -0.39 is 23.6 Å². The number of nitrogens with two attached hydrogens (primary N) is 1. The SMILES string of the molecule is CN=C(/C(Cl)=C\N)c1cc(C(=O)NC(C[NH-])Cc2ccc(F)c(F)c2)oc1Cl. The van der Waals surface area contributed by atoms with Crippen LogP contribution >= 0.6 is 23.2 Å². The maximum atomic E-state index is 13.3. The summed E-state index contributed by atoms with van der Waals surface area (Å²) in [6, 6.07) is 4.10. The maximum absolute atomic E-state index is 13.3. The van der Waals surface area contributed by atoms with Gasteiger partial charge in [-0.3, -0.25) is 9.79 Å². The second-order valence-corrected chi connectivity index (χ2v) is 6.46. The van der Waals surface area contributed by atoms with Crippen molar-refractivity contribution < 1.29 is 18.0 Å². The third-order valence-electron chi connectivity index (χ3n) is 3.81. The lowest BCUT2D eigenvalue weighted by Crippen LogP contribution is -2.38. The number of hydrogen-bond acceptors (Lipinski definition) is 4. The van der Waals surface area contributed by atoms with Crippen molar-refractivity contribution >= 4 is 34.8 Å². The van der Waals surface area contributed by atoms with Crippen molar-refractivity contribution in [2.75, 3.05) is 13.6 Å². The first-order valence-corrected chi connectivity index (χ1v) is 8.79. The van der Waals surface area contributed by atoms with Gasteiger partial charge in [0.1, 0.15) is 0 Å². The zero-order valence-electron chi connectivity index (χ0n) is 14.7. The smallest absolute Gasteiger partial charge is 0.287 e. The summed E-state index contributed by atoms with van der Waals surface area (Å²) in [5.41, 5.74) is 13.9. The molecule has 1 atom stereocenters. The first kappa shape index (κ1) is 21.9. The molecule has 6 nitrogen and oxygen atoms in total. The number of nitrogens with zero attached hydrogens (tertiary/aromatic N) is 1. The van der Waals surface area contributed by atoms with E-state index in [0.717, 1.165) is 18.3 Å². The molecule has 150 valence electrons. The molecule has 1 aromatic heterocycles. The molecule has 0 spiro atoms. The van der Waals surface area contributed by atoms with Gasteiger partial charge >= 0.3 is 0 Å². The Balaban J connectivity index is 2.16. The summed E-state index contributed by atoms with van der Waals surface area (Å²) in [5.74, 6) is -2.71. The number of nitrogens with one attached hydrogen (secondary N) is 2. The van der Waals surface area contributed by atoms with Crippen LogP contribution in [0, 0.1) is 11.6 Å². The first-order valence-electron chi connectivity index (χ1n) is 8.04. The second kappa shape index (κ2) is 9.68. The molecule has 0 saturated heterocycles. The number of rotatable bonds is 7. The van der Waals surface area contributed by atoms with Crippen LogP contribution in [0.1, 0.15) is 21.7 Å². The first-order chi connectivity index (χ1) is 13.3. The van der Waals surface area contributed by atoms with E-state index in [2.05, 4.69) is 10.3 Å². The van der Waals surface area contributed by atoms with Gasteiger partial charge in [0, 0.05) is 25.4 Å². The highest BCUT2D eigenvalue weighted by atomic mass is 35.5. The lowest BCUT2D eigenvalue weighted by molar-refractivity contribution is 0.0911. The summed E-state index contributed by atoms with van der Waals surface area (Å²) in [7, 11) is 1.47. The lowest BCUT2D eigenvalue weighted by Gasteiger charge is -2.20. The van der Waals surface area contributed by atoms with Gasteiger partial charge in [-0.1, -0.05) is 17.7 Å². The summed E-state index contributed by atoms with van der Waals surface area (Å²) in [5, 5.41) is 2.62. The van der Waals surface area contributed by atoms with E-state index in [-0.39, 0.29) is 40.3 Å². The average Bonchev–Trinajstić information content (AvgIpc) is 3.06. The van der Waals surface area contributed by atoms with Gasteiger partial charge in [0.05, 0.1) is 16.3 Å². The van der Waals surface area contributed by atoms with Gasteiger partial charge in [0.25, 0.3) is 5.91 Å². The van der Waals surface area contributed by atoms with Gasteiger partial charge in [0.15, 0.2) is 17.4 Å². The normalized spacial score (nSPS) is 13.5. The molecule has 0 saturated carbocycles. The number of amides is 1. The van der Waals surface area contributed by atoms with E-state index in [9.17, 15) is 13.6 Å². The third-order valence-corrected chi connectivity index (χ3v) is 4.40. The number of furan rings is 1. The van der Waals surface area contributed by atoms with Crippen molar-refractivity contribution in [1.29, 1.82) is 0 Å². The van der Waals surface area contributed by atoms with E-state index in [4.69, 9.17) is 39.1 Å². The Hall–Kier alpha value is -2.42. The van der Waals surface area contributed by atoms with Gasteiger partial charge in [-0.15, -0.1) is 6.54 Å². The van der Waals surface area contributed by atoms with Crippen LogP contribution in [-0.2, 0) is 6.42 Å². The molecule has 2 aromatic rings. The molecule has 1 aromatic carbocycles. The van der Waals surface area contributed by atoms with Crippen LogP contribution in [0.4, 0.5) is 8.78 Å². The number of hydrogen-bond donors (Lipinski definition) is 2. The molecule has 4 N–H and O–H groups in total. The highest BCUT2D eigenvalue weighted by Gasteiger charge is 2.22. The highest BCUT2D eigenvalue weighted by Crippen LogP contribution is 2.25. The monoisotopic (exact) mass is 429 g/mol. The Kier molecular flexibility index (Phi) is 7.56. The fourth-order valence-corrected chi connectivity index (χ4v) is 2.87. The Morgan fingerprint density at radius 1 is 1.39 bits per heavy atom. The predicted octanol–water partition coefficient (Wildman–Crippen LogP) is 4.06. The lowest BCUT2D eigenvalue weighted by atomic mass is 10.1. The van der Waals surface area contributed by atoms with Gasteiger partial charge in [-0.05, 0) is 35.7 Å². The predicted molar refractivity (Wildman–Crippen MR) is 105 cm³/mol. The van der Waals surface area contributed by atoms with Crippen molar-refractivity contribution in [3.63, 3.8) is 0 Å². The minimum absolute atomic E-state index is 0.103. The Morgan fingerprint density at radius 3 is 2.68 bits per heavy atom. The molecule has 0 aliphatic carbocycles. The zero-order chi connectivity index (χ0) is 20.8. The molecule has 0 bridgehead atoms. The number of aliphatic imine (C=N–C) groups is 1. The van der Waals surface area contributed by atoms with Crippen LogP contribution in [0.3, 0.4) is 0 Å². The van der Waals surface area contributed by atoms with Crippen molar-refractivity contribution in [3.8, 4) is 0 Å². The highest BCUT2D eigenvalue weighted by molar-refractivity contribution is 6.48. The molecule has 10 heteroatoms. The number of halogens is 4. The molecular weight excluding hydrogens is 413 g/mol. The van der Waals surface area contributed by atoms with Gasteiger partial charge in [-0.2, -0.15) is 0 Å². The quantitative estimate of drug-likeness (QED) is 0.648. The largest absolute Gasteiger partial charge is 0.676 e. The van der Waals surface area contributed by atoms with E-state index in [1.165, 1.54) is 19.2 Å². The fraction of sp³-hybridized carbons (Fsp3) is 0.222. The van der Waals surface area contributed by atoms with Crippen molar-refractivity contribution in [2.45, 2.75) is 12.5 Å². The second-order valence-electron chi connectivity index (χ2n) is 5.71. The topological polar surface area (TPSA) is 104 Å². The molecule has 1 unspecified atom stereocenters. The number of allylic oxidation sites excluding steroid dienone is 1. The molecule has 0 radical (unpaired) electrons. The molecule has 1 heterocycles. The molecule has 0 aliphatic rings. The van der Waals surface area contributed by atoms with Crippen molar-refractivity contribution in [2.24, 2.45) is 10.7 Å². The van der Waals surface area contributed by atoms with Gasteiger partial charge in [0.2, 0.25) is 5.22 Å². The van der Waals surface area contributed by atoms with Crippen LogP contribution in [0.25, 0.3) is 5.73 Å². The average molecular weight is 430 g/mol. The third kappa shape index (κ3) is 5.09. The standard InChI is InChI=1S/C18H17Cl2F2N4O2/c1-25-16(12(19)8-24)11-6-15(28-17(11)20)18(27)26-10(7-23)4-9-2-3-13(21)14(22)5-9/h2-3,5-6,8,10,23H,4,7,24H2,1H3,(H,26,27)/q-1/b12-8+,25-16?. The van der Waals surface area contributed by atoms with Crippen molar-refractivity contribution in [1.82, 2.24) is 5.32 Å². The van der Waals surface area contributed by atoms with E-state index in [1.807, 2.05) is 0 Å². The van der Waals surface area contributed by atoms with Crippen molar-refractivity contribution in [3.05, 3.63) is 75.0 Å². The molecule has 0 fully saturated rings. The molecule has 0 aliphatic heterocycles. The van der Waals surface area contributed by atoms with E-state index in [0.29, 0.717) is 5.56 Å². The van der Waals surface area contributed by atoms with Crippen LogP contribution in [-0.4, -0.2) is 31.3 Å². The van der Waals surface area contributed by atoms with E-state index in [1.54, 1.807) is 0 Å². The van der Waals surface area contributed by atoms with Crippen LogP contribution in [0.15, 0.2) is 44.9 Å². The van der Waals surface area contributed by atoms with E-state index >= 15 is 0 Å². The fourth-order valence-electron chi connectivity index (χ4n) is 2.46. The summed E-state index contributed by atoms with van der Waals surface area (Å²) in [6.07, 6.45) is 1.27. The number of carbonyl (C=O) groups is 1. The van der Waals surface area contributed by atoms with Crippen LogP contribution in [0.5, 0.6) is 0 Å². The molecule has 28 heavy (non-hydrogen) atoms. The zero-order valence-corrected chi connectivity index (χ0v) is 16.2. The van der Waals surface area contributed by atoms with Crippen LogP contribution in [0.2, 0.25) is 5.22 Å². The Morgan fingerprint density at radius 2 is 2.11 bits per heavy atom. The molecule has 2 rings (SSSR count). The summed E-state index contributed by atoms with van der Waals surface area (Å²) in [6.45, 7) is -0.185. The summed E-state index contributed by atoms with van der Waals surface area (Å²) >= 11 is 12.0. The van der Waals surface area contributed by atoms with Crippen LogP contribution < -0.4 is 11.1 Å². The molecule has 1 amide bonds. The Labute approximate surface area is 170 Å². The van der Waals surface area contributed by atoms with Gasteiger partial charge < -0.3 is 21.2 Å². The maximum Gasteiger partial charge on any atom is 0.287 e. The minimum Gasteiger partial charge on any atom is -0.676 e. The number of carbonyl (C=O) groups excluding carboxylic acids is 1. The minimum atomic E-state index is -0.994. The summed E-state index contributed by atoms with van der Waals surface area (Å²) < 4.78 is 31.6. The van der Waals surface area contributed by atoms with Gasteiger partial charge in [-0.25, -0.2) is 8.78 Å². The summed E-state index contributed by atoms with van der Waals surface area (Å²) in [4.78, 5) is 16.4.